The van der Waals surface area contributed by atoms with Gasteiger partial charge in [-0.2, -0.15) is 0 Å². The molecule has 0 amide bonds. The van der Waals surface area contributed by atoms with Gasteiger partial charge in [0, 0.05) is 0 Å². The van der Waals surface area contributed by atoms with E-state index in [1.807, 2.05) is 30.3 Å². The van der Waals surface area contributed by atoms with Crippen LogP contribution in [-0.4, -0.2) is 16.1 Å². The molecule has 2 aromatic carbocycles. The van der Waals surface area contributed by atoms with Gasteiger partial charge >= 0.3 is 0 Å². The minimum Gasteiger partial charge on any atom is -0.508 e. The minimum atomic E-state index is -0.322. The van der Waals surface area contributed by atoms with E-state index in [0.717, 1.165) is 11.1 Å². The summed E-state index contributed by atoms with van der Waals surface area (Å²) < 4.78 is 0. The van der Waals surface area contributed by atoms with Crippen molar-refractivity contribution in [2.45, 2.75) is 5.92 Å². The molecule has 92 valence electrons. The number of hydrogen-bond acceptors (Lipinski definition) is 3. The molecule has 0 bridgehead atoms. The number of amidine groups is 1. The fourth-order valence-electron chi connectivity index (χ4n) is 1.90. The van der Waals surface area contributed by atoms with Crippen molar-refractivity contribution in [2.24, 2.45) is 10.9 Å². The number of nitrogens with zero attached hydrogens (tertiary/aromatic N) is 1. The monoisotopic (exact) mass is 242 g/mol. The highest BCUT2D eigenvalue weighted by Crippen LogP contribution is 2.26. The van der Waals surface area contributed by atoms with Crippen LogP contribution < -0.4 is 5.73 Å². The molecular weight excluding hydrogens is 228 g/mol. The van der Waals surface area contributed by atoms with Gasteiger partial charge in [0.05, 0.1) is 5.92 Å². The Kier molecular flexibility index (Phi) is 3.48. The highest BCUT2D eigenvalue weighted by molar-refractivity contribution is 5.90. The fourth-order valence-corrected chi connectivity index (χ4v) is 1.90. The third-order valence-electron chi connectivity index (χ3n) is 2.77. The third kappa shape index (κ3) is 2.43. The maximum Gasteiger partial charge on any atom is 0.151 e. The quantitative estimate of drug-likeness (QED) is 0.334. The Labute approximate surface area is 105 Å². The number of phenolic OH excluding ortho intramolecular Hbond substituents is 1. The number of benzene rings is 2. The highest BCUT2D eigenvalue weighted by Gasteiger charge is 2.18. The lowest BCUT2D eigenvalue weighted by atomic mass is 9.90. The van der Waals surface area contributed by atoms with E-state index in [1.54, 1.807) is 24.3 Å². The van der Waals surface area contributed by atoms with E-state index in [9.17, 15) is 5.11 Å². The van der Waals surface area contributed by atoms with Crippen molar-refractivity contribution >= 4 is 5.84 Å². The van der Waals surface area contributed by atoms with Gasteiger partial charge in [-0.1, -0.05) is 47.6 Å². The first-order chi connectivity index (χ1) is 8.72. The summed E-state index contributed by atoms with van der Waals surface area (Å²) in [6.45, 7) is 0. The molecule has 0 aliphatic heterocycles. The van der Waals surface area contributed by atoms with Crippen LogP contribution in [-0.2, 0) is 0 Å². The van der Waals surface area contributed by atoms with E-state index in [-0.39, 0.29) is 17.5 Å². The van der Waals surface area contributed by atoms with Gasteiger partial charge in [-0.05, 0) is 23.3 Å². The van der Waals surface area contributed by atoms with Crippen LogP contribution in [0.3, 0.4) is 0 Å². The van der Waals surface area contributed by atoms with Gasteiger partial charge in [-0.25, -0.2) is 0 Å². The largest absolute Gasteiger partial charge is 0.508 e. The molecule has 0 fully saturated rings. The van der Waals surface area contributed by atoms with Gasteiger partial charge in [-0.3, -0.25) is 0 Å². The van der Waals surface area contributed by atoms with Gasteiger partial charge in [-0.15, -0.1) is 0 Å². The van der Waals surface area contributed by atoms with Gasteiger partial charge in [0.25, 0.3) is 0 Å². The minimum absolute atomic E-state index is 0.117. The Hall–Kier alpha value is -2.49. The first kappa shape index (κ1) is 12.0. The van der Waals surface area contributed by atoms with E-state index < -0.39 is 0 Å². The zero-order chi connectivity index (χ0) is 13.0. The van der Waals surface area contributed by atoms with E-state index in [2.05, 4.69) is 5.16 Å². The molecule has 1 unspecified atom stereocenters. The van der Waals surface area contributed by atoms with Crippen molar-refractivity contribution in [2.75, 3.05) is 0 Å². The van der Waals surface area contributed by atoms with Gasteiger partial charge < -0.3 is 16.0 Å². The number of oxime groups is 1. The normalized spacial score (nSPS) is 13.2. The summed E-state index contributed by atoms with van der Waals surface area (Å²) in [6.07, 6.45) is 0. The number of phenols is 1. The maximum atomic E-state index is 9.29. The Morgan fingerprint density at radius 2 is 1.50 bits per heavy atom. The average molecular weight is 242 g/mol. The summed E-state index contributed by atoms with van der Waals surface area (Å²) in [7, 11) is 0. The summed E-state index contributed by atoms with van der Waals surface area (Å²) in [5.41, 5.74) is 7.54. The first-order valence-corrected chi connectivity index (χ1v) is 5.53. The molecule has 4 N–H and O–H groups in total. The SMILES string of the molecule is NC(=NO)C(c1ccccc1)c1ccc(O)cc1. The van der Waals surface area contributed by atoms with Gasteiger partial charge in [0.15, 0.2) is 5.84 Å². The second kappa shape index (κ2) is 5.23. The average Bonchev–Trinajstić information content (AvgIpc) is 2.42. The molecule has 0 saturated carbocycles. The van der Waals surface area contributed by atoms with Crippen molar-refractivity contribution in [3.63, 3.8) is 0 Å². The smallest absolute Gasteiger partial charge is 0.151 e. The molecule has 0 radical (unpaired) electrons. The molecular formula is C14H14N2O2. The Morgan fingerprint density at radius 3 is 2.06 bits per heavy atom. The van der Waals surface area contributed by atoms with E-state index in [1.165, 1.54) is 0 Å². The summed E-state index contributed by atoms with van der Waals surface area (Å²) in [4.78, 5) is 0. The highest BCUT2D eigenvalue weighted by atomic mass is 16.4. The number of nitrogens with two attached hydrogens (primary N) is 1. The predicted molar refractivity (Wildman–Crippen MR) is 69.8 cm³/mol. The zero-order valence-corrected chi connectivity index (χ0v) is 9.69. The standard InChI is InChI=1S/C14H14N2O2/c15-14(16-18)13(10-4-2-1-3-5-10)11-6-8-12(17)9-7-11/h1-9,13,17-18H,(H2,15,16). The van der Waals surface area contributed by atoms with Crippen molar-refractivity contribution in [1.29, 1.82) is 0 Å². The summed E-state index contributed by atoms with van der Waals surface area (Å²) in [6, 6.07) is 16.2. The number of aromatic hydroxyl groups is 1. The van der Waals surface area contributed by atoms with Crippen LogP contribution in [0.1, 0.15) is 17.0 Å². The number of rotatable bonds is 3. The fraction of sp³-hybridized carbons (Fsp3) is 0.0714. The van der Waals surface area contributed by atoms with E-state index in [0.29, 0.717) is 0 Å². The van der Waals surface area contributed by atoms with Crippen molar-refractivity contribution < 1.29 is 10.3 Å². The van der Waals surface area contributed by atoms with E-state index >= 15 is 0 Å². The van der Waals surface area contributed by atoms with Gasteiger partial charge in [0.1, 0.15) is 5.75 Å². The molecule has 0 aliphatic carbocycles. The molecule has 2 rings (SSSR count). The second-order valence-electron chi connectivity index (χ2n) is 3.96. The first-order valence-electron chi connectivity index (χ1n) is 5.53. The lowest BCUT2D eigenvalue weighted by Gasteiger charge is -2.16. The van der Waals surface area contributed by atoms with Crippen LogP contribution in [0.2, 0.25) is 0 Å². The second-order valence-corrected chi connectivity index (χ2v) is 3.96. The topological polar surface area (TPSA) is 78.8 Å². The lowest BCUT2D eigenvalue weighted by Crippen LogP contribution is -2.22. The summed E-state index contributed by atoms with van der Waals surface area (Å²) >= 11 is 0. The Morgan fingerprint density at radius 1 is 0.944 bits per heavy atom. The molecule has 2 aromatic rings. The molecule has 4 heteroatoms. The summed E-state index contributed by atoms with van der Waals surface area (Å²) in [5.74, 6) is -0.0197. The molecule has 0 aliphatic rings. The predicted octanol–water partition coefficient (Wildman–Crippen LogP) is 2.27. The number of hydrogen-bond donors (Lipinski definition) is 3. The van der Waals surface area contributed by atoms with Crippen LogP contribution in [0.5, 0.6) is 5.75 Å². The molecule has 0 aromatic heterocycles. The molecule has 18 heavy (non-hydrogen) atoms. The van der Waals surface area contributed by atoms with Crippen LogP contribution >= 0.6 is 0 Å². The molecule has 0 saturated heterocycles. The van der Waals surface area contributed by atoms with Crippen LogP contribution in [0.15, 0.2) is 59.8 Å². The molecule has 0 spiro atoms. The van der Waals surface area contributed by atoms with Crippen molar-refractivity contribution in [3.05, 3.63) is 65.7 Å². The maximum absolute atomic E-state index is 9.29. The Balaban J connectivity index is 2.47. The van der Waals surface area contributed by atoms with Gasteiger partial charge in [0.2, 0.25) is 0 Å². The Bertz CT molecular complexity index is 535. The van der Waals surface area contributed by atoms with Crippen molar-refractivity contribution in [3.8, 4) is 5.75 Å². The van der Waals surface area contributed by atoms with Crippen molar-refractivity contribution in [1.82, 2.24) is 0 Å². The van der Waals surface area contributed by atoms with Crippen LogP contribution in [0.25, 0.3) is 0 Å². The molecule has 4 nitrogen and oxygen atoms in total. The molecule has 1 atom stereocenters. The lowest BCUT2D eigenvalue weighted by molar-refractivity contribution is 0.316. The zero-order valence-electron chi connectivity index (χ0n) is 9.69. The van der Waals surface area contributed by atoms with Crippen LogP contribution in [0, 0.1) is 0 Å². The third-order valence-corrected chi connectivity index (χ3v) is 2.77. The molecule has 0 heterocycles. The summed E-state index contributed by atoms with van der Waals surface area (Å²) in [5, 5.41) is 21.3. The van der Waals surface area contributed by atoms with Crippen LogP contribution in [0.4, 0.5) is 0 Å². The van der Waals surface area contributed by atoms with E-state index in [4.69, 9.17) is 10.9 Å².